The molecule has 2 aromatic rings. The quantitative estimate of drug-likeness (QED) is 0.712. The summed E-state index contributed by atoms with van der Waals surface area (Å²) < 4.78 is 13.0. The molecule has 0 spiro atoms. The lowest BCUT2D eigenvalue weighted by atomic mass is 9.95. The van der Waals surface area contributed by atoms with E-state index < -0.39 is 6.04 Å². The SMILES string of the molecule is CC1=C(C(=O)Nc2ccc(F)cc2)C(c2ccc(Cl)cc2)NC(=S)N1. The molecule has 3 N–H and O–H groups in total. The van der Waals surface area contributed by atoms with E-state index >= 15 is 0 Å². The molecule has 128 valence electrons. The highest BCUT2D eigenvalue weighted by atomic mass is 35.5. The van der Waals surface area contributed by atoms with Gasteiger partial charge in [0, 0.05) is 16.4 Å². The first-order valence-electron chi connectivity index (χ1n) is 7.54. The Morgan fingerprint density at radius 2 is 1.80 bits per heavy atom. The molecule has 0 fully saturated rings. The van der Waals surface area contributed by atoms with Crippen LogP contribution in [0.2, 0.25) is 5.02 Å². The van der Waals surface area contributed by atoms with Crippen molar-refractivity contribution in [3.05, 3.63) is 76.2 Å². The van der Waals surface area contributed by atoms with Gasteiger partial charge in [-0.3, -0.25) is 4.79 Å². The van der Waals surface area contributed by atoms with Crippen LogP contribution in [0, 0.1) is 5.82 Å². The van der Waals surface area contributed by atoms with Crippen molar-refractivity contribution >= 4 is 40.5 Å². The Balaban J connectivity index is 1.92. The predicted octanol–water partition coefficient (Wildman–Crippen LogP) is 3.91. The summed E-state index contributed by atoms with van der Waals surface area (Å²) in [4.78, 5) is 12.8. The van der Waals surface area contributed by atoms with Crippen molar-refractivity contribution in [1.82, 2.24) is 10.6 Å². The lowest BCUT2D eigenvalue weighted by Gasteiger charge is -2.30. The summed E-state index contributed by atoms with van der Waals surface area (Å²) in [7, 11) is 0. The molecule has 7 heteroatoms. The van der Waals surface area contributed by atoms with Crippen LogP contribution in [0.4, 0.5) is 10.1 Å². The summed E-state index contributed by atoms with van der Waals surface area (Å²) in [5.41, 5.74) is 2.52. The van der Waals surface area contributed by atoms with Crippen molar-refractivity contribution in [3.8, 4) is 0 Å². The summed E-state index contributed by atoms with van der Waals surface area (Å²) in [5.74, 6) is -0.662. The summed E-state index contributed by atoms with van der Waals surface area (Å²) in [6, 6.07) is 12.4. The summed E-state index contributed by atoms with van der Waals surface area (Å²) in [6.07, 6.45) is 0. The molecule has 0 aliphatic carbocycles. The molecule has 0 saturated heterocycles. The first kappa shape index (κ1) is 17.4. The molecule has 25 heavy (non-hydrogen) atoms. The molecule has 0 saturated carbocycles. The molecule has 2 aromatic carbocycles. The third-order valence-corrected chi connectivity index (χ3v) is 4.29. The van der Waals surface area contributed by atoms with E-state index in [9.17, 15) is 9.18 Å². The van der Waals surface area contributed by atoms with Gasteiger partial charge in [0.25, 0.3) is 5.91 Å². The Labute approximate surface area is 155 Å². The monoisotopic (exact) mass is 375 g/mol. The number of rotatable bonds is 3. The molecule has 0 aromatic heterocycles. The Kier molecular flexibility index (Phi) is 5.01. The van der Waals surface area contributed by atoms with Gasteiger partial charge in [-0.25, -0.2) is 4.39 Å². The maximum absolute atomic E-state index is 13.0. The fourth-order valence-electron chi connectivity index (χ4n) is 2.63. The van der Waals surface area contributed by atoms with E-state index in [1.165, 1.54) is 24.3 Å². The molecule has 0 bridgehead atoms. The van der Waals surface area contributed by atoms with Gasteiger partial charge in [0.2, 0.25) is 0 Å². The Morgan fingerprint density at radius 1 is 1.16 bits per heavy atom. The molecule has 0 radical (unpaired) electrons. The average molecular weight is 376 g/mol. The van der Waals surface area contributed by atoms with Gasteiger partial charge in [0.15, 0.2) is 5.11 Å². The molecule has 4 nitrogen and oxygen atoms in total. The zero-order chi connectivity index (χ0) is 18.0. The predicted molar refractivity (Wildman–Crippen MR) is 101 cm³/mol. The van der Waals surface area contributed by atoms with Gasteiger partial charge in [0.1, 0.15) is 5.82 Å². The highest BCUT2D eigenvalue weighted by molar-refractivity contribution is 7.80. The van der Waals surface area contributed by atoms with Gasteiger partial charge in [-0.2, -0.15) is 0 Å². The van der Waals surface area contributed by atoms with Crippen LogP contribution in [0.25, 0.3) is 0 Å². The van der Waals surface area contributed by atoms with Crippen LogP contribution in [0.15, 0.2) is 59.8 Å². The number of hydrogen-bond acceptors (Lipinski definition) is 2. The normalized spacial score (nSPS) is 16.9. The number of amides is 1. The fraction of sp³-hybridized carbons (Fsp3) is 0.111. The Morgan fingerprint density at radius 3 is 2.44 bits per heavy atom. The van der Waals surface area contributed by atoms with Crippen molar-refractivity contribution < 1.29 is 9.18 Å². The minimum absolute atomic E-state index is 0.299. The highest BCUT2D eigenvalue weighted by Gasteiger charge is 2.29. The minimum Gasteiger partial charge on any atom is -0.351 e. The van der Waals surface area contributed by atoms with Crippen LogP contribution in [-0.4, -0.2) is 11.0 Å². The molecule has 1 aliphatic rings. The Bertz CT molecular complexity index is 850. The first-order valence-corrected chi connectivity index (χ1v) is 8.33. The second-order valence-electron chi connectivity index (χ2n) is 5.58. The van der Waals surface area contributed by atoms with Crippen LogP contribution < -0.4 is 16.0 Å². The molecule has 1 unspecified atom stereocenters. The third-order valence-electron chi connectivity index (χ3n) is 3.82. The van der Waals surface area contributed by atoms with Crippen LogP contribution in [-0.2, 0) is 4.79 Å². The number of allylic oxidation sites excluding steroid dienone is 1. The van der Waals surface area contributed by atoms with E-state index in [0.29, 0.717) is 27.1 Å². The van der Waals surface area contributed by atoms with Crippen molar-refractivity contribution in [3.63, 3.8) is 0 Å². The van der Waals surface area contributed by atoms with Gasteiger partial charge in [-0.05, 0) is 61.1 Å². The lowest BCUT2D eigenvalue weighted by Crippen LogP contribution is -2.45. The standard InChI is InChI=1S/C18H15ClFN3OS/c1-10-15(17(24)22-14-8-6-13(20)7-9-14)16(23-18(25)21-10)11-2-4-12(19)5-3-11/h2-9,16H,1H3,(H,22,24)(H2,21,23,25). The van der Waals surface area contributed by atoms with Crippen molar-refractivity contribution in [2.75, 3.05) is 5.32 Å². The number of carbonyl (C=O) groups excluding carboxylic acids is 1. The van der Waals surface area contributed by atoms with E-state index in [-0.39, 0.29) is 11.7 Å². The summed E-state index contributed by atoms with van der Waals surface area (Å²) >= 11 is 11.2. The number of hydrogen-bond donors (Lipinski definition) is 3. The van der Waals surface area contributed by atoms with E-state index in [4.69, 9.17) is 23.8 Å². The van der Waals surface area contributed by atoms with Gasteiger partial charge < -0.3 is 16.0 Å². The maximum Gasteiger partial charge on any atom is 0.255 e. The summed E-state index contributed by atoms with van der Waals surface area (Å²) in [5, 5.41) is 9.91. The van der Waals surface area contributed by atoms with Gasteiger partial charge in [-0.15, -0.1) is 0 Å². The maximum atomic E-state index is 13.0. The number of anilines is 1. The second kappa shape index (κ2) is 7.21. The van der Waals surface area contributed by atoms with E-state index in [1.807, 2.05) is 12.1 Å². The van der Waals surface area contributed by atoms with E-state index in [1.54, 1.807) is 19.1 Å². The number of thiocarbonyl (C=S) groups is 1. The fourth-order valence-corrected chi connectivity index (χ4v) is 3.03. The van der Waals surface area contributed by atoms with E-state index in [0.717, 1.165) is 5.56 Å². The van der Waals surface area contributed by atoms with Gasteiger partial charge >= 0.3 is 0 Å². The minimum atomic E-state index is -0.411. The largest absolute Gasteiger partial charge is 0.351 e. The Hall–Kier alpha value is -2.44. The van der Waals surface area contributed by atoms with Crippen molar-refractivity contribution in [2.24, 2.45) is 0 Å². The zero-order valence-corrected chi connectivity index (χ0v) is 14.8. The molecule has 1 heterocycles. The van der Waals surface area contributed by atoms with Crippen LogP contribution in [0.3, 0.4) is 0 Å². The molecule has 1 aliphatic heterocycles. The van der Waals surface area contributed by atoms with Crippen molar-refractivity contribution in [2.45, 2.75) is 13.0 Å². The number of carbonyl (C=O) groups is 1. The van der Waals surface area contributed by atoms with Gasteiger partial charge in [-0.1, -0.05) is 23.7 Å². The molecular weight excluding hydrogens is 361 g/mol. The highest BCUT2D eigenvalue weighted by Crippen LogP contribution is 2.28. The van der Waals surface area contributed by atoms with E-state index in [2.05, 4.69) is 16.0 Å². The smallest absolute Gasteiger partial charge is 0.255 e. The van der Waals surface area contributed by atoms with Gasteiger partial charge in [0.05, 0.1) is 11.6 Å². The zero-order valence-electron chi connectivity index (χ0n) is 13.3. The molecular formula is C18H15ClFN3OS. The third kappa shape index (κ3) is 3.97. The van der Waals surface area contributed by atoms with Crippen LogP contribution in [0.1, 0.15) is 18.5 Å². The first-order chi connectivity index (χ1) is 11.9. The number of halogens is 2. The molecule has 1 atom stereocenters. The number of nitrogens with one attached hydrogen (secondary N) is 3. The lowest BCUT2D eigenvalue weighted by molar-refractivity contribution is -0.113. The second-order valence-corrected chi connectivity index (χ2v) is 6.43. The molecule has 1 amide bonds. The van der Waals surface area contributed by atoms with Crippen LogP contribution >= 0.6 is 23.8 Å². The summed E-state index contributed by atoms with van der Waals surface area (Å²) in [6.45, 7) is 1.79. The van der Waals surface area contributed by atoms with Crippen molar-refractivity contribution in [1.29, 1.82) is 0 Å². The number of benzene rings is 2. The molecule has 3 rings (SSSR count). The average Bonchev–Trinajstić information content (AvgIpc) is 2.57. The topological polar surface area (TPSA) is 53.2 Å². The van der Waals surface area contributed by atoms with Crippen LogP contribution in [0.5, 0.6) is 0 Å².